The van der Waals surface area contributed by atoms with E-state index in [0.717, 1.165) is 32.5 Å². The minimum Gasteiger partial charge on any atom is -0.396 e. The predicted molar refractivity (Wildman–Crippen MR) is 63.7 cm³/mol. The second kappa shape index (κ2) is 5.28. The van der Waals surface area contributed by atoms with E-state index in [9.17, 15) is 0 Å². The predicted octanol–water partition coefficient (Wildman–Crippen LogP) is 1.06. The van der Waals surface area contributed by atoms with Crippen molar-refractivity contribution >= 4 is 0 Å². The Morgan fingerprint density at radius 3 is 2.60 bits per heavy atom. The number of hydrogen-bond donors (Lipinski definition) is 2. The third-order valence-electron chi connectivity index (χ3n) is 3.50. The van der Waals surface area contributed by atoms with Crippen molar-refractivity contribution in [2.45, 2.75) is 39.7 Å². The van der Waals surface area contributed by atoms with Gasteiger partial charge in [0.25, 0.3) is 0 Å². The lowest BCUT2D eigenvalue weighted by atomic mass is 9.85. The number of rotatable bonds is 4. The van der Waals surface area contributed by atoms with Gasteiger partial charge in [-0.15, -0.1) is 0 Å². The van der Waals surface area contributed by atoms with Gasteiger partial charge in [-0.3, -0.25) is 0 Å². The van der Waals surface area contributed by atoms with Crippen molar-refractivity contribution < 1.29 is 5.11 Å². The number of hydrogen-bond acceptors (Lipinski definition) is 3. The molecule has 0 bridgehead atoms. The molecule has 3 nitrogen and oxygen atoms in total. The monoisotopic (exact) mass is 214 g/mol. The summed E-state index contributed by atoms with van der Waals surface area (Å²) in [5.41, 5.74) is 6.32. The van der Waals surface area contributed by atoms with Gasteiger partial charge in [0.05, 0.1) is 0 Å². The molecule has 1 rings (SSSR count). The molecule has 2 unspecified atom stereocenters. The molecule has 0 aliphatic carbocycles. The molecule has 1 aliphatic heterocycles. The fourth-order valence-corrected chi connectivity index (χ4v) is 2.02. The minimum atomic E-state index is 0.204. The summed E-state index contributed by atoms with van der Waals surface area (Å²) < 4.78 is 0. The molecular formula is C12H26N2O. The van der Waals surface area contributed by atoms with Crippen LogP contribution in [-0.4, -0.2) is 42.3 Å². The van der Waals surface area contributed by atoms with Gasteiger partial charge >= 0.3 is 0 Å². The summed E-state index contributed by atoms with van der Waals surface area (Å²) in [5.74, 6) is 0.496. The minimum absolute atomic E-state index is 0.204. The Bertz CT molecular complexity index is 189. The summed E-state index contributed by atoms with van der Waals surface area (Å²) in [4.78, 5) is 2.42. The topological polar surface area (TPSA) is 49.5 Å². The molecule has 2 atom stereocenters. The zero-order chi connectivity index (χ0) is 11.5. The van der Waals surface area contributed by atoms with Crippen LogP contribution in [0.4, 0.5) is 0 Å². The second-order valence-electron chi connectivity index (χ2n) is 5.90. The van der Waals surface area contributed by atoms with Crippen molar-refractivity contribution in [3.63, 3.8) is 0 Å². The van der Waals surface area contributed by atoms with Gasteiger partial charge in [0.15, 0.2) is 0 Å². The van der Waals surface area contributed by atoms with Gasteiger partial charge in [0.1, 0.15) is 0 Å². The summed E-state index contributed by atoms with van der Waals surface area (Å²) >= 11 is 0. The van der Waals surface area contributed by atoms with Crippen LogP contribution in [0.5, 0.6) is 0 Å². The summed E-state index contributed by atoms with van der Waals surface area (Å²) in [6.45, 7) is 10.2. The average molecular weight is 214 g/mol. The first kappa shape index (κ1) is 12.9. The maximum atomic E-state index is 9.04. The van der Waals surface area contributed by atoms with Crippen LogP contribution < -0.4 is 5.73 Å². The fourth-order valence-electron chi connectivity index (χ4n) is 2.02. The fraction of sp³-hybridized carbons (Fsp3) is 1.00. The van der Waals surface area contributed by atoms with Crippen LogP contribution in [0.3, 0.4) is 0 Å². The van der Waals surface area contributed by atoms with Crippen LogP contribution in [0, 0.1) is 11.3 Å². The number of nitrogens with zero attached hydrogens (tertiary/aromatic N) is 1. The van der Waals surface area contributed by atoms with Crippen molar-refractivity contribution in [3.05, 3.63) is 0 Å². The quantitative estimate of drug-likeness (QED) is 0.736. The smallest absolute Gasteiger partial charge is 0.0471 e. The molecular weight excluding hydrogens is 188 g/mol. The summed E-state index contributed by atoms with van der Waals surface area (Å²) in [5, 5.41) is 9.04. The normalized spacial score (nSPS) is 25.8. The van der Waals surface area contributed by atoms with E-state index in [1.54, 1.807) is 0 Å². The summed E-state index contributed by atoms with van der Waals surface area (Å²) in [6, 6.07) is 0.269. The summed E-state index contributed by atoms with van der Waals surface area (Å²) in [7, 11) is 0. The van der Waals surface area contributed by atoms with Gasteiger partial charge in [0.2, 0.25) is 0 Å². The van der Waals surface area contributed by atoms with Crippen molar-refractivity contribution in [3.8, 4) is 0 Å². The maximum Gasteiger partial charge on any atom is 0.0471 e. The molecule has 90 valence electrons. The van der Waals surface area contributed by atoms with Crippen molar-refractivity contribution in [2.24, 2.45) is 17.1 Å². The van der Waals surface area contributed by atoms with Gasteiger partial charge < -0.3 is 15.7 Å². The number of aliphatic hydroxyl groups is 1. The van der Waals surface area contributed by atoms with Gasteiger partial charge in [-0.1, -0.05) is 20.8 Å². The molecule has 0 amide bonds. The molecule has 0 aromatic carbocycles. The molecule has 3 heteroatoms. The first-order valence-electron chi connectivity index (χ1n) is 6.02. The molecule has 15 heavy (non-hydrogen) atoms. The van der Waals surface area contributed by atoms with Gasteiger partial charge in [-0.05, 0) is 37.3 Å². The number of nitrogens with two attached hydrogens (primary N) is 1. The van der Waals surface area contributed by atoms with Crippen molar-refractivity contribution in [1.82, 2.24) is 4.90 Å². The third kappa shape index (κ3) is 4.09. The molecule has 1 saturated heterocycles. The van der Waals surface area contributed by atoms with Gasteiger partial charge in [-0.2, -0.15) is 0 Å². The SMILES string of the molecule is CC(C)(C)C(N)CCN1CCC(CO)C1. The van der Waals surface area contributed by atoms with Crippen LogP contribution in [0.25, 0.3) is 0 Å². The third-order valence-corrected chi connectivity index (χ3v) is 3.50. The van der Waals surface area contributed by atoms with E-state index >= 15 is 0 Å². The first-order chi connectivity index (χ1) is 6.93. The lowest BCUT2D eigenvalue weighted by Crippen LogP contribution is -2.38. The zero-order valence-corrected chi connectivity index (χ0v) is 10.4. The molecule has 1 fully saturated rings. The Hall–Kier alpha value is -0.120. The lowest BCUT2D eigenvalue weighted by molar-refractivity contribution is 0.213. The average Bonchev–Trinajstić information content (AvgIpc) is 2.60. The van der Waals surface area contributed by atoms with E-state index in [2.05, 4.69) is 25.7 Å². The van der Waals surface area contributed by atoms with Crippen LogP contribution >= 0.6 is 0 Å². The van der Waals surface area contributed by atoms with E-state index in [-0.39, 0.29) is 11.5 Å². The Balaban J connectivity index is 2.21. The van der Waals surface area contributed by atoms with E-state index in [1.807, 2.05) is 0 Å². The zero-order valence-electron chi connectivity index (χ0n) is 10.4. The maximum absolute atomic E-state index is 9.04. The molecule has 1 aliphatic rings. The molecule has 3 N–H and O–H groups in total. The van der Waals surface area contributed by atoms with Crippen LogP contribution in [0.2, 0.25) is 0 Å². The Kier molecular flexibility index (Phi) is 4.56. The van der Waals surface area contributed by atoms with E-state index in [0.29, 0.717) is 12.5 Å². The molecule has 1 heterocycles. The second-order valence-corrected chi connectivity index (χ2v) is 5.90. The van der Waals surface area contributed by atoms with Crippen molar-refractivity contribution in [2.75, 3.05) is 26.2 Å². The standard InChI is InChI=1S/C12H26N2O/c1-12(2,3)11(13)5-7-14-6-4-10(8-14)9-15/h10-11,15H,4-9,13H2,1-3H3. The summed E-state index contributed by atoms with van der Waals surface area (Å²) in [6.07, 6.45) is 2.20. The van der Waals surface area contributed by atoms with E-state index < -0.39 is 0 Å². The van der Waals surface area contributed by atoms with Crippen molar-refractivity contribution in [1.29, 1.82) is 0 Å². The van der Waals surface area contributed by atoms with E-state index in [1.165, 1.54) is 0 Å². The largest absolute Gasteiger partial charge is 0.396 e. The highest BCUT2D eigenvalue weighted by molar-refractivity contribution is 4.80. The Morgan fingerprint density at radius 2 is 2.13 bits per heavy atom. The van der Waals surface area contributed by atoms with Gasteiger partial charge in [0, 0.05) is 19.2 Å². The molecule has 0 spiro atoms. The number of aliphatic hydroxyl groups excluding tert-OH is 1. The highest BCUT2D eigenvalue weighted by atomic mass is 16.3. The van der Waals surface area contributed by atoms with Gasteiger partial charge in [-0.25, -0.2) is 0 Å². The van der Waals surface area contributed by atoms with Crippen LogP contribution in [0.15, 0.2) is 0 Å². The molecule has 0 aromatic heterocycles. The van der Waals surface area contributed by atoms with E-state index in [4.69, 9.17) is 10.8 Å². The lowest BCUT2D eigenvalue weighted by Gasteiger charge is -2.28. The van der Waals surface area contributed by atoms with Crippen LogP contribution in [-0.2, 0) is 0 Å². The Morgan fingerprint density at radius 1 is 1.47 bits per heavy atom. The highest BCUT2D eigenvalue weighted by Gasteiger charge is 2.24. The number of likely N-dealkylation sites (tertiary alicyclic amines) is 1. The molecule has 0 aromatic rings. The Labute approximate surface area is 93.6 Å². The first-order valence-corrected chi connectivity index (χ1v) is 6.02. The molecule has 0 saturated carbocycles. The molecule has 0 radical (unpaired) electrons. The van der Waals surface area contributed by atoms with Crippen LogP contribution in [0.1, 0.15) is 33.6 Å². The highest BCUT2D eigenvalue weighted by Crippen LogP contribution is 2.21.